The van der Waals surface area contributed by atoms with Crippen molar-refractivity contribution in [1.29, 1.82) is 0 Å². The number of carbonyl (C=O) groups is 1. The third-order valence-corrected chi connectivity index (χ3v) is 4.99. The third kappa shape index (κ3) is 5.13. The van der Waals surface area contributed by atoms with Crippen molar-refractivity contribution in [2.24, 2.45) is 11.5 Å². The molecule has 0 aliphatic carbocycles. The standard InChI is InChI=1S/C21H28FN7O3/c1-12(23)17(11-32-3)27-21-15(22)9-13(19(24)30)20(28-21)26-16-5-4-6-18-14(16)10-25-29(18)7-8-31-2/h4-6,9-10,12,17H,7-8,11,23H2,1-3H3,(H2,24,30)(H2,26,27,28)/t12-,17+/m0/s1. The number of fused-ring (bicyclic) bond motifs is 1. The Kier molecular flexibility index (Phi) is 7.57. The summed E-state index contributed by atoms with van der Waals surface area (Å²) in [7, 11) is 3.15. The molecule has 0 saturated carbocycles. The van der Waals surface area contributed by atoms with E-state index in [9.17, 15) is 9.18 Å². The van der Waals surface area contributed by atoms with Gasteiger partial charge < -0.3 is 31.6 Å². The van der Waals surface area contributed by atoms with Gasteiger partial charge >= 0.3 is 0 Å². The number of nitrogens with zero attached hydrogens (tertiary/aromatic N) is 3. The Morgan fingerprint density at radius 3 is 2.72 bits per heavy atom. The van der Waals surface area contributed by atoms with Crippen LogP contribution >= 0.6 is 0 Å². The minimum atomic E-state index is -0.811. The van der Waals surface area contributed by atoms with Crippen LogP contribution in [-0.2, 0) is 16.0 Å². The molecule has 2 heterocycles. The maximum absolute atomic E-state index is 14.7. The summed E-state index contributed by atoms with van der Waals surface area (Å²) in [6.45, 7) is 3.11. The lowest BCUT2D eigenvalue weighted by atomic mass is 10.1. The number of amides is 1. The van der Waals surface area contributed by atoms with E-state index >= 15 is 0 Å². The van der Waals surface area contributed by atoms with Crippen LogP contribution in [0.15, 0.2) is 30.5 Å². The van der Waals surface area contributed by atoms with Gasteiger partial charge in [-0.3, -0.25) is 9.48 Å². The van der Waals surface area contributed by atoms with E-state index in [0.29, 0.717) is 18.8 Å². The number of hydrogen-bond donors (Lipinski definition) is 4. The molecule has 0 aliphatic rings. The SMILES string of the molecule is COCCn1ncc2c(Nc3nc(N[C@H](COC)[C@H](C)N)c(F)cc3C(N)=O)cccc21. The molecular formula is C21H28FN7O3. The van der Waals surface area contributed by atoms with E-state index in [1.54, 1.807) is 20.2 Å². The number of aromatic nitrogens is 3. The van der Waals surface area contributed by atoms with E-state index in [1.807, 2.05) is 22.9 Å². The van der Waals surface area contributed by atoms with Crippen LogP contribution in [0.25, 0.3) is 10.9 Å². The number of halogens is 1. The lowest BCUT2D eigenvalue weighted by Crippen LogP contribution is -2.41. The van der Waals surface area contributed by atoms with Gasteiger partial charge in [-0.1, -0.05) is 6.07 Å². The highest BCUT2D eigenvalue weighted by Crippen LogP contribution is 2.29. The molecule has 32 heavy (non-hydrogen) atoms. The first kappa shape index (κ1) is 23.4. The summed E-state index contributed by atoms with van der Waals surface area (Å²) in [6.07, 6.45) is 1.70. The van der Waals surface area contributed by atoms with E-state index in [4.69, 9.17) is 20.9 Å². The fourth-order valence-electron chi connectivity index (χ4n) is 3.25. The predicted octanol–water partition coefficient (Wildman–Crippen LogP) is 1.83. The molecule has 1 amide bonds. The number of primary amides is 1. The average Bonchev–Trinajstić information content (AvgIpc) is 3.17. The molecule has 1 aromatic carbocycles. The lowest BCUT2D eigenvalue weighted by Gasteiger charge is -2.23. The number of nitrogens with two attached hydrogens (primary N) is 2. The minimum absolute atomic E-state index is 0.0696. The van der Waals surface area contributed by atoms with Gasteiger partial charge in [-0.2, -0.15) is 5.10 Å². The number of anilines is 3. The molecule has 3 rings (SSSR count). The van der Waals surface area contributed by atoms with Gasteiger partial charge in [0, 0.05) is 25.6 Å². The topological polar surface area (TPSA) is 142 Å². The Balaban J connectivity index is 1.99. The van der Waals surface area contributed by atoms with Gasteiger partial charge in [0.05, 0.1) is 48.8 Å². The van der Waals surface area contributed by atoms with Gasteiger partial charge in [0.25, 0.3) is 5.91 Å². The summed E-state index contributed by atoms with van der Waals surface area (Å²) in [4.78, 5) is 16.3. The summed E-state index contributed by atoms with van der Waals surface area (Å²) in [5.74, 6) is -1.50. The molecule has 10 nitrogen and oxygen atoms in total. The van der Waals surface area contributed by atoms with Crippen LogP contribution < -0.4 is 22.1 Å². The summed E-state index contributed by atoms with van der Waals surface area (Å²) in [6, 6.07) is 5.89. The highest BCUT2D eigenvalue weighted by Gasteiger charge is 2.21. The average molecular weight is 445 g/mol. The van der Waals surface area contributed by atoms with Crippen LogP contribution in [0.2, 0.25) is 0 Å². The molecule has 0 saturated heterocycles. The summed E-state index contributed by atoms with van der Waals surface area (Å²) in [5.41, 5.74) is 12.9. The second-order valence-electron chi connectivity index (χ2n) is 7.37. The van der Waals surface area contributed by atoms with Gasteiger partial charge in [0.1, 0.15) is 5.82 Å². The molecule has 0 spiro atoms. The summed E-state index contributed by atoms with van der Waals surface area (Å²) >= 11 is 0. The maximum Gasteiger partial charge on any atom is 0.252 e. The zero-order valence-corrected chi connectivity index (χ0v) is 18.3. The fourth-order valence-corrected chi connectivity index (χ4v) is 3.25. The van der Waals surface area contributed by atoms with Crippen molar-refractivity contribution in [1.82, 2.24) is 14.8 Å². The zero-order chi connectivity index (χ0) is 23.3. The molecule has 0 fully saturated rings. The molecule has 3 aromatic rings. The predicted molar refractivity (Wildman–Crippen MR) is 121 cm³/mol. The molecule has 0 unspecified atom stereocenters. The molecule has 0 aliphatic heterocycles. The number of nitrogens with one attached hydrogen (secondary N) is 2. The number of rotatable bonds is 11. The Labute approximate surface area is 185 Å². The molecule has 6 N–H and O–H groups in total. The van der Waals surface area contributed by atoms with E-state index in [-0.39, 0.29) is 29.8 Å². The van der Waals surface area contributed by atoms with Gasteiger partial charge in [-0.05, 0) is 25.1 Å². The largest absolute Gasteiger partial charge is 0.383 e. The Bertz CT molecular complexity index is 1090. The van der Waals surface area contributed by atoms with Crippen molar-refractivity contribution < 1.29 is 18.7 Å². The molecule has 172 valence electrons. The van der Waals surface area contributed by atoms with Crippen LogP contribution in [0.1, 0.15) is 17.3 Å². The van der Waals surface area contributed by atoms with Gasteiger partial charge in [0.2, 0.25) is 0 Å². The van der Waals surface area contributed by atoms with Crippen LogP contribution in [0.4, 0.5) is 21.7 Å². The van der Waals surface area contributed by atoms with Crippen LogP contribution in [0, 0.1) is 5.82 Å². The molecule has 0 bridgehead atoms. The number of methoxy groups -OCH3 is 2. The van der Waals surface area contributed by atoms with Crippen LogP contribution in [0.3, 0.4) is 0 Å². The number of carbonyl (C=O) groups excluding carboxylic acids is 1. The number of hydrogen-bond acceptors (Lipinski definition) is 8. The highest BCUT2D eigenvalue weighted by molar-refractivity contribution is 6.00. The first-order chi connectivity index (χ1) is 15.3. The van der Waals surface area contributed by atoms with Crippen molar-refractivity contribution >= 4 is 34.1 Å². The molecule has 2 atom stereocenters. The monoisotopic (exact) mass is 445 g/mol. The lowest BCUT2D eigenvalue weighted by molar-refractivity contribution is 0.100. The van der Waals surface area contributed by atoms with E-state index in [1.165, 1.54) is 7.11 Å². The molecule has 11 heteroatoms. The Morgan fingerprint density at radius 2 is 2.06 bits per heavy atom. The maximum atomic E-state index is 14.7. The quantitative estimate of drug-likeness (QED) is 0.350. The normalized spacial score (nSPS) is 13.2. The smallest absolute Gasteiger partial charge is 0.252 e. The van der Waals surface area contributed by atoms with Gasteiger partial charge in [0.15, 0.2) is 11.6 Å². The first-order valence-corrected chi connectivity index (χ1v) is 10.1. The first-order valence-electron chi connectivity index (χ1n) is 10.1. The fraction of sp³-hybridized carbons (Fsp3) is 0.381. The minimum Gasteiger partial charge on any atom is -0.383 e. The van der Waals surface area contributed by atoms with E-state index in [0.717, 1.165) is 17.0 Å². The van der Waals surface area contributed by atoms with Gasteiger partial charge in [-0.15, -0.1) is 0 Å². The molecule has 0 radical (unpaired) electrons. The van der Waals surface area contributed by atoms with Crippen molar-refractivity contribution in [3.05, 3.63) is 41.8 Å². The van der Waals surface area contributed by atoms with Crippen LogP contribution in [-0.4, -0.2) is 60.2 Å². The number of pyridine rings is 1. The van der Waals surface area contributed by atoms with E-state index in [2.05, 4.69) is 20.7 Å². The molecule has 2 aromatic heterocycles. The second-order valence-corrected chi connectivity index (χ2v) is 7.37. The Morgan fingerprint density at radius 1 is 1.28 bits per heavy atom. The summed E-state index contributed by atoms with van der Waals surface area (Å²) < 4.78 is 26.8. The van der Waals surface area contributed by atoms with Gasteiger partial charge in [-0.25, -0.2) is 9.37 Å². The van der Waals surface area contributed by atoms with Crippen molar-refractivity contribution in [3.8, 4) is 0 Å². The van der Waals surface area contributed by atoms with Crippen LogP contribution in [0.5, 0.6) is 0 Å². The van der Waals surface area contributed by atoms with E-state index < -0.39 is 17.8 Å². The van der Waals surface area contributed by atoms with Crippen molar-refractivity contribution in [2.45, 2.75) is 25.6 Å². The van der Waals surface area contributed by atoms with Crippen molar-refractivity contribution in [3.63, 3.8) is 0 Å². The number of ether oxygens (including phenoxy) is 2. The second kappa shape index (κ2) is 10.4. The Hall–Kier alpha value is -3.28. The highest BCUT2D eigenvalue weighted by atomic mass is 19.1. The number of benzene rings is 1. The molecular weight excluding hydrogens is 417 g/mol. The van der Waals surface area contributed by atoms with Crippen molar-refractivity contribution in [2.75, 3.05) is 38.1 Å². The zero-order valence-electron chi connectivity index (χ0n) is 18.3. The summed E-state index contributed by atoms with van der Waals surface area (Å²) in [5, 5.41) is 11.2. The third-order valence-electron chi connectivity index (χ3n) is 4.99.